The van der Waals surface area contributed by atoms with Crippen LogP contribution in [0.3, 0.4) is 0 Å². The van der Waals surface area contributed by atoms with E-state index in [9.17, 15) is 4.39 Å². The van der Waals surface area contributed by atoms with Gasteiger partial charge in [-0.05, 0) is 0 Å². The van der Waals surface area contributed by atoms with Crippen LogP contribution in [0.5, 0.6) is 0 Å². The van der Waals surface area contributed by atoms with Crippen molar-refractivity contribution in [1.29, 1.82) is 0 Å². The molecule has 0 amide bonds. The summed E-state index contributed by atoms with van der Waals surface area (Å²) in [5.41, 5.74) is 5.39. The molecule has 68 valence electrons. The normalized spacial score (nSPS) is 10.6. The highest BCUT2D eigenvalue weighted by atomic mass is 32.2. The Kier molecular flexibility index (Phi) is 3.48. The van der Waals surface area contributed by atoms with Gasteiger partial charge in [-0.3, -0.25) is 4.39 Å². The lowest BCUT2D eigenvalue weighted by Gasteiger charge is -1.99. The van der Waals surface area contributed by atoms with Crippen LogP contribution in [0.25, 0.3) is 0 Å². The largest absolute Gasteiger partial charge is 0.324 e. The second-order valence-electron chi connectivity index (χ2n) is 2.20. The van der Waals surface area contributed by atoms with Crippen LogP contribution >= 0.6 is 11.8 Å². The Balaban J connectivity index is 2.66. The Bertz CT molecular complexity index is 250. The molecular weight excluding hydrogens is 179 g/mol. The lowest BCUT2D eigenvalue weighted by atomic mass is 10.6. The van der Waals surface area contributed by atoms with Gasteiger partial charge in [-0.1, -0.05) is 11.8 Å². The number of alkyl halides is 1. The number of thioether (sulfide) groups is 1. The quantitative estimate of drug-likeness (QED) is 0.695. The number of hydrogen-bond acceptors (Lipinski definition) is 4. The third-order valence-electron chi connectivity index (χ3n) is 1.42. The Morgan fingerprint density at radius 2 is 2.33 bits per heavy atom. The van der Waals surface area contributed by atoms with E-state index in [0.29, 0.717) is 17.5 Å². The Morgan fingerprint density at radius 3 is 2.83 bits per heavy atom. The van der Waals surface area contributed by atoms with E-state index < -0.39 is 0 Å². The summed E-state index contributed by atoms with van der Waals surface area (Å²) in [4.78, 5) is 0. The fourth-order valence-electron chi connectivity index (χ4n) is 0.778. The molecule has 1 rings (SSSR count). The predicted octanol–water partition coefficient (Wildman–Crippen LogP) is 0.335. The Hall–Kier alpha value is -0.620. The van der Waals surface area contributed by atoms with Crippen molar-refractivity contribution < 1.29 is 4.39 Å². The molecule has 0 aliphatic carbocycles. The summed E-state index contributed by atoms with van der Waals surface area (Å²) in [6, 6.07) is 0. The van der Waals surface area contributed by atoms with Gasteiger partial charge in [0.25, 0.3) is 0 Å². The Morgan fingerprint density at radius 1 is 1.58 bits per heavy atom. The zero-order valence-electron chi connectivity index (χ0n) is 6.83. The van der Waals surface area contributed by atoms with E-state index >= 15 is 0 Å². The molecule has 0 saturated heterocycles. The van der Waals surface area contributed by atoms with E-state index in [1.54, 1.807) is 4.57 Å². The first-order chi connectivity index (χ1) is 5.79. The first-order valence-electron chi connectivity index (χ1n) is 3.56. The molecule has 1 aromatic rings. The molecule has 0 bridgehead atoms. The number of hydrogen-bond donors (Lipinski definition) is 1. The molecule has 4 nitrogen and oxygen atoms in total. The van der Waals surface area contributed by atoms with Gasteiger partial charge in [0.15, 0.2) is 5.16 Å². The molecule has 6 heteroatoms. The number of aromatic nitrogens is 3. The number of rotatable bonds is 4. The van der Waals surface area contributed by atoms with Crippen molar-refractivity contribution in [3.8, 4) is 0 Å². The van der Waals surface area contributed by atoms with E-state index in [1.165, 1.54) is 11.8 Å². The van der Waals surface area contributed by atoms with Crippen molar-refractivity contribution in [1.82, 2.24) is 14.8 Å². The van der Waals surface area contributed by atoms with Gasteiger partial charge in [0.1, 0.15) is 5.82 Å². The van der Waals surface area contributed by atoms with Crippen molar-refractivity contribution in [2.45, 2.75) is 11.7 Å². The molecule has 0 saturated carbocycles. The highest BCUT2D eigenvalue weighted by Crippen LogP contribution is 2.14. The minimum absolute atomic E-state index is 0.352. The predicted molar refractivity (Wildman–Crippen MR) is 45.6 cm³/mol. The number of nitrogens with two attached hydrogens (primary N) is 1. The lowest BCUT2D eigenvalue weighted by Crippen LogP contribution is -2.05. The Labute approximate surface area is 74.3 Å². The molecule has 1 heterocycles. The SMILES string of the molecule is Cn1c(CN)nnc1SCCF. The van der Waals surface area contributed by atoms with Crippen LogP contribution in [0.2, 0.25) is 0 Å². The fourth-order valence-corrected chi connectivity index (χ4v) is 1.44. The third kappa shape index (κ3) is 1.95. The summed E-state index contributed by atoms with van der Waals surface area (Å²) in [5, 5.41) is 8.40. The lowest BCUT2D eigenvalue weighted by molar-refractivity contribution is 0.532. The topological polar surface area (TPSA) is 56.7 Å². The van der Waals surface area contributed by atoms with Gasteiger partial charge in [0, 0.05) is 12.8 Å². The number of nitrogens with zero attached hydrogens (tertiary/aromatic N) is 3. The molecule has 0 atom stereocenters. The first-order valence-corrected chi connectivity index (χ1v) is 4.55. The molecular formula is C6H11FN4S. The zero-order chi connectivity index (χ0) is 8.97. The van der Waals surface area contributed by atoms with Gasteiger partial charge in [-0.2, -0.15) is 0 Å². The van der Waals surface area contributed by atoms with Crippen LogP contribution in [0.1, 0.15) is 5.82 Å². The minimum atomic E-state index is -0.352. The standard InChI is InChI=1S/C6H11FN4S/c1-11-5(4-8)9-10-6(11)12-3-2-7/h2-4,8H2,1H3. The molecule has 2 N–H and O–H groups in total. The van der Waals surface area contributed by atoms with Gasteiger partial charge in [0.05, 0.1) is 13.2 Å². The molecule has 0 radical (unpaired) electrons. The third-order valence-corrected chi connectivity index (χ3v) is 2.39. The van der Waals surface area contributed by atoms with Crippen molar-refractivity contribution in [2.24, 2.45) is 12.8 Å². The summed E-state index contributed by atoms with van der Waals surface area (Å²) < 4.78 is 13.6. The molecule has 0 fully saturated rings. The monoisotopic (exact) mass is 190 g/mol. The maximum absolute atomic E-state index is 11.8. The maximum atomic E-state index is 11.8. The summed E-state index contributed by atoms with van der Waals surface area (Å²) in [6.45, 7) is 0.00910. The van der Waals surface area contributed by atoms with Gasteiger partial charge >= 0.3 is 0 Å². The van der Waals surface area contributed by atoms with Crippen LogP contribution in [0.15, 0.2) is 5.16 Å². The molecule has 0 aliphatic rings. The van der Waals surface area contributed by atoms with Crippen LogP contribution in [-0.4, -0.2) is 27.2 Å². The molecule has 0 aliphatic heterocycles. The van der Waals surface area contributed by atoms with E-state index in [2.05, 4.69) is 10.2 Å². The summed E-state index contributed by atoms with van der Waals surface area (Å²) >= 11 is 1.34. The van der Waals surface area contributed by atoms with E-state index in [1.807, 2.05) is 7.05 Å². The fraction of sp³-hybridized carbons (Fsp3) is 0.667. The van der Waals surface area contributed by atoms with Crippen LogP contribution in [0, 0.1) is 0 Å². The summed E-state index contributed by atoms with van der Waals surface area (Å²) in [5.74, 6) is 1.13. The van der Waals surface area contributed by atoms with Gasteiger partial charge in [-0.15, -0.1) is 10.2 Å². The van der Waals surface area contributed by atoms with E-state index in [4.69, 9.17) is 5.73 Å². The molecule has 0 aromatic carbocycles. The highest BCUT2D eigenvalue weighted by Gasteiger charge is 2.06. The molecule has 0 spiro atoms. The van der Waals surface area contributed by atoms with Gasteiger partial charge in [0.2, 0.25) is 0 Å². The second kappa shape index (κ2) is 4.42. The zero-order valence-corrected chi connectivity index (χ0v) is 7.64. The second-order valence-corrected chi connectivity index (χ2v) is 3.26. The van der Waals surface area contributed by atoms with Crippen LogP contribution in [-0.2, 0) is 13.6 Å². The van der Waals surface area contributed by atoms with Gasteiger partial charge < -0.3 is 10.3 Å². The first kappa shape index (κ1) is 9.47. The smallest absolute Gasteiger partial charge is 0.191 e. The van der Waals surface area contributed by atoms with Gasteiger partial charge in [-0.25, -0.2) is 0 Å². The van der Waals surface area contributed by atoms with Crippen LogP contribution < -0.4 is 5.73 Å². The highest BCUT2D eigenvalue weighted by molar-refractivity contribution is 7.99. The average molecular weight is 190 g/mol. The average Bonchev–Trinajstić information content (AvgIpc) is 2.43. The molecule has 0 unspecified atom stereocenters. The van der Waals surface area contributed by atoms with E-state index in [0.717, 1.165) is 5.82 Å². The minimum Gasteiger partial charge on any atom is -0.324 e. The number of halogens is 1. The summed E-state index contributed by atoms with van der Waals surface area (Å²) in [7, 11) is 1.82. The van der Waals surface area contributed by atoms with Crippen molar-refractivity contribution in [2.75, 3.05) is 12.4 Å². The summed E-state index contributed by atoms with van der Waals surface area (Å²) in [6.07, 6.45) is 0. The van der Waals surface area contributed by atoms with Crippen molar-refractivity contribution in [3.05, 3.63) is 5.82 Å². The molecule has 12 heavy (non-hydrogen) atoms. The maximum Gasteiger partial charge on any atom is 0.191 e. The van der Waals surface area contributed by atoms with Crippen molar-refractivity contribution in [3.63, 3.8) is 0 Å². The molecule has 1 aromatic heterocycles. The van der Waals surface area contributed by atoms with Crippen LogP contribution in [0.4, 0.5) is 4.39 Å². The van der Waals surface area contributed by atoms with E-state index in [-0.39, 0.29) is 6.67 Å². The van der Waals surface area contributed by atoms with Crippen molar-refractivity contribution >= 4 is 11.8 Å².